The number of aryl methyl sites for hydroxylation is 3. The van der Waals surface area contributed by atoms with Crippen LogP contribution in [0.4, 0.5) is 65.9 Å². The number of alkyl halides is 15. The van der Waals surface area contributed by atoms with Crippen LogP contribution in [-0.4, -0.2) is 142 Å². The predicted molar refractivity (Wildman–Crippen MR) is 431 cm³/mol. The first kappa shape index (κ1) is 118. The van der Waals surface area contributed by atoms with Gasteiger partial charge in [-0.2, -0.15) is 70.3 Å². The van der Waals surface area contributed by atoms with Crippen molar-refractivity contribution in [2.75, 3.05) is 20.0 Å². The van der Waals surface area contributed by atoms with Crippen molar-refractivity contribution in [2.24, 2.45) is 15.3 Å². The molecule has 672 valence electrons. The first-order valence-corrected chi connectivity index (χ1v) is 38.2. The van der Waals surface area contributed by atoms with Gasteiger partial charge in [0.2, 0.25) is 0 Å². The fraction of sp³-hybridized carbons (Fsp3) is 0.382. The quantitative estimate of drug-likeness (QED) is 0.0189. The van der Waals surface area contributed by atoms with E-state index in [2.05, 4.69) is 86.1 Å². The number of hydrogen-bond donors (Lipinski definition) is 5. The van der Waals surface area contributed by atoms with Gasteiger partial charge in [0.25, 0.3) is 5.24 Å². The van der Waals surface area contributed by atoms with Crippen LogP contribution in [0.15, 0.2) is 152 Å². The molecule has 2 unspecified atom stereocenters. The summed E-state index contributed by atoms with van der Waals surface area (Å²) in [6.45, 7) is 26.8. The fourth-order valence-corrected chi connectivity index (χ4v) is 9.38. The van der Waals surface area contributed by atoms with Crippen molar-refractivity contribution in [2.45, 2.75) is 168 Å². The van der Waals surface area contributed by atoms with E-state index in [9.17, 15) is 107 Å². The van der Waals surface area contributed by atoms with Crippen molar-refractivity contribution >= 4 is 108 Å². The molecule has 0 saturated heterocycles. The van der Waals surface area contributed by atoms with E-state index >= 15 is 0 Å². The number of aliphatic hydroxyl groups excluding tert-OH is 2. The highest BCUT2D eigenvalue weighted by molar-refractivity contribution is 7.86. The van der Waals surface area contributed by atoms with Crippen molar-refractivity contribution in [3.05, 3.63) is 237 Å². The van der Waals surface area contributed by atoms with Gasteiger partial charge in [0.15, 0.2) is 6.29 Å². The number of methoxy groups -OCH3 is 1. The molecule has 24 nitrogen and oxygen atoms in total. The molecule has 8 rings (SSSR count). The summed E-state index contributed by atoms with van der Waals surface area (Å²) in [5.41, 5.74) is 4.69. The second-order valence-electron chi connectivity index (χ2n) is 26.2. The Hall–Kier alpha value is -9.40. The largest absolute Gasteiger partial charge is 0.478 e. The van der Waals surface area contributed by atoms with Crippen LogP contribution in [0.2, 0.25) is 0 Å². The van der Waals surface area contributed by atoms with E-state index in [1.165, 1.54) is 22.9 Å². The number of hydrogen-bond acceptors (Lipinski definition) is 21. The van der Waals surface area contributed by atoms with Crippen LogP contribution in [-0.2, 0) is 84.6 Å². The molecule has 121 heavy (non-hydrogen) atoms. The first-order chi connectivity index (χ1) is 55.0. The lowest BCUT2D eigenvalue weighted by Gasteiger charge is -2.21. The molecule has 8 aromatic heterocycles. The molecule has 0 aliphatic carbocycles. The number of carboxylic acid groups (broad SMARTS) is 1. The number of ether oxygens (including phenoxy) is 1. The molecular formula is C76H91Cl3F15N11O13S3. The highest BCUT2D eigenvalue weighted by atomic mass is 35.5. The average molecular weight is 1850 g/mol. The summed E-state index contributed by atoms with van der Waals surface area (Å²) in [6.07, 6.45) is -1.79. The maximum atomic E-state index is 12.3. The number of carbonyl (C=O) groups excluding carboxylic acids is 5. The Morgan fingerprint density at radius 2 is 0.810 bits per heavy atom. The molecule has 0 amide bonds. The van der Waals surface area contributed by atoms with Crippen LogP contribution in [0.25, 0.3) is 0 Å². The number of pyridine rings is 8. The van der Waals surface area contributed by atoms with E-state index in [-0.39, 0.29) is 39.6 Å². The van der Waals surface area contributed by atoms with Crippen LogP contribution >= 0.6 is 34.8 Å². The summed E-state index contributed by atoms with van der Waals surface area (Å²) >= 11 is 13.9. The molecule has 0 spiro atoms. The smallest absolute Gasteiger partial charge is 0.418 e. The highest BCUT2D eigenvalue weighted by Gasteiger charge is 2.39. The van der Waals surface area contributed by atoms with Gasteiger partial charge in [-0.05, 0) is 218 Å². The molecule has 45 heteroatoms. The summed E-state index contributed by atoms with van der Waals surface area (Å²) in [7, 11) is -1.16. The van der Waals surface area contributed by atoms with Crippen LogP contribution in [0.3, 0.4) is 0 Å². The number of aromatic nitrogens is 8. The van der Waals surface area contributed by atoms with Crippen LogP contribution in [0.5, 0.6) is 0 Å². The third-order valence-corrected chi connectivity index (χ3v) is 19.1. The van der Waals surface area contributed by atoms with Gasteiger partial charge in [-0.1, -0.05) is 14.4 Å². The van der Waals surface area contributed by atoms with Crippen LogP contribution in [0, 0.1) is 20.8 Å². The van der Waals surface area contributed by atoms with Crippen molar-refractivity contribution in [1.82, 2.24) is 39.9 Å². The Morgan fingerprint density at radius 1 is 0.488 bits per heavy atom. The van der Waals surface area contributed by atoms with Gasteiger partial charge in [0.05, 0.1) is 73.1 Å². The molecular weight excluding hydrogens is 1760 g/mol. The molecule has 0 aliphatic heterocycles. The minimum Gasteiger partial charge on any atom is -0.478 e. The van der Waals surface area contributed by atoms with E-state index in [1.54, 1.807) is 31.0 Å². The second kappa shape index (κ2) is 55.6. The van der Waals surface area contributed by atoms with Gasteiger partial charge < -0.3 is 25.8 Å². The molecule has 8 heterocycles. The molecule has 0 bridgehead atoms. The Kier molecular flexibility index (Phi) is 54.2. The molecule has 0 fully saturated rings. The average Bonchev–Trinajstić information content (AvgIpc) is 0.840. The summed E-state index contributed by atoms with van der Waals surface area (Å²) in [6, 6.07) is 10.8. The van der Waals surface area contributed by atoms with E-state index in [0.717, 1.165) is 86.0 Å². The molecule has 7 N–H and O–H groups in total. The van der Waals surface area contributed by atoms with Gasteiger partial charge >= 0.3 is 53.3 Å². The lowest BCUT2D eigenvalue weighted by molar-refractivity contribution is -0.139. The summed E-state index contributed by atoms with van der Waals surface area (Å²) in [4.78, 5) is 89.2. The number of aldehydes is 1. The predicted octanol–water partition coefficient (Wildman–Crippen LogP) is 17.6. The number of aromatic carboxylic acids is 1. The minimum absolute atomic E-state index is 0. The zero-order valence-electron chi connectivity index (χ0n) is 66.7. The van der Waals surface area contributed by atoms with Gasteiger partial charge in [-0.25, -0.2) is 18.0 Å². The van der Waals surface area contributed by atoms with Crippen molar-refractivity contribution in [1.29, 1.82) is 0 Å². The van der Waals surface area contributed by atoms with E-state index < -0.39 is 148 Å². The summed E-state index contributed by atoms with van der Waals surface area (Å²) in [5, 5.41) is 25.6. The number of rotatable bonds is 12. The first-order valence-electron chi connectivity index (χ1n) is 33.4. The Morgan fingerprint density at radius 3 is 1.09 bits per heavy atom. The molecule has 8 aromatic rings. The molecule has 0 radical (unpaired) electrons. The summed E-state index contributed by atoms with van der Waals surface area (Å²) in [5.74, 6) is -1.61. The standard InChI is InChI=1S/C13H21NOS.C11H16N2OS.C8H6F3NO2.C8H12N2.C7H3ClF3NO.C7H4F3NO2.C7H6F3NO.C7H4F3NO.C4H11NOS.C2Cl2O2.CH4O.CH4/c1-10-8-14-7-6-12(10)11(2)9-16(15)13(3,4)5;1-9-7-12-6-5-10(9)8-13-15(14)11(2,3)4;1-14-7(13)5-2-3-12-4-6(5)8(9,10)11;1-6-5-10-4-3-8(6)7(2)9;8-6(13)4-1-2-12-3-5(4)7(9,10)11;8-7(9,10)5-3-11-2-1-4(5)6(12)13;2*8-7(9,10)6-3-11-2-1-5(6)4-12;1-4(2,3)7(5)6;3-1(5)2(4)6;1-2;/h6-8,11H,9H2,1-5H3;5-8H,1-4H3;2-4H,1H3;3-5,7H,9H2,1-2H3;1-3H;1-3H,(H,12,13);1-3,12H,4H2;1-4H;5H2,1-3H3;;2H,1H3;1H4/t11?,16-;15-;;;;;;;7-;;;/m01......0.../s1. The van der Waals surface area contributed by atoms with Gasteiger partial charge in [0, 0.05) is 151 Å². The third kappa shape index (κ3) is 47.6. The van der Waals surface area contributed by atoms with Gasteiger partial charge in [0.1, 0.15) is 11.0 Å². The number of nitrogens with two attached hydrogens (primary N) is 2. The van der Waals surface area contributed by atoms with E-state index in [4.69, 9.17) is 37.8 Å². The lowest BCUT2D eigenvalue weighted by Crippen LogP contribution is -2.27. The monoisotopic (exact) mass is 1850 g/mol. The van der Waals surface area contributed by atoms with Crippen LogP contribution < -0.4 is 10.9 Å². The van der Waals surface area contributed by atoms with Crippen molar-refractivity contribution < 1.29 is 127 Å². The van der Waals surface area contributed by atoms with E-state index in [1.807, 2.05) is 114 Å². The molecule has 0 saturated carbocycles. The van der Waals surface area contributed by atoms with Gasteiger partial charge in [-0.3, -0.25) is 68.4 Å². The zero-order valence-corrected chi connectivity index (χ0v) is 71.4. The van der Waals surface area contributed by atoms with Crippen LogP contribution in [0.1, 0.15) is 204 Å². The Balaban J connectivity index is -0.000000632. The topological polar surface area (TPSA) is 391 Å². The summed E-state index contributed by atoms with van der Waals surface area (Å²) < 4.78 is 224. The van der Waals surface area contributed by atoms with Crippen molar-refractivity contribution in [3.63, 3.8) is 0 Å². The molecule has 5 atom stereocenters. The second-order valence-corrected chi connectivity index (χ2v) is 33.2. The number of carboxylic acids is 1. The van der Waals surface area contributed by atoms with Crippen molar-refractivity contribution in [3.8, 4) is 0 Å². The number of aliphatic hydroxyl groups is 2. The number of halogens is 18. The number of nitrogens with zero attached hydrogens (tertiary/aromatic N) is 9. The zero-order chi connectivity index (χ0) is 93.9. The maximum absolute atomic E-state index is 12.3. The maximum Gasteiger partial charge on any atom is 0.418 e. The van der Waals surface area contributed by atoms with Gasteiger partial charge in [-0.15, -0.1) is 0 Å². The Bertz CT molecular complexity index is 4570. The fourth-order valence-electron chi connectivity index (χ4n) is 7.56. The minimum atomic E-state index is -4.68. The highest BCUT2D eigenvalue weighted by Crippen LogP contribution is 2.36. The SMILES string of the molecule is C.CC(C)(C)[S@@](N)=O.CO.COC(=O)c1ccncc1C(F)(F)F.Cc1cnccc1C(C)C[S@](=O)C(C)(C)C.Cc1cnccc1C(C)N.Cc1cnccc1C=N[S@](=O)C(C)(C)C.O=C(Cl)C(=O)Cl.O=C(Cl)c1ccncc1C(F)(F)F.O=C(O)c1ccncc1C(F)(F)F.O=Cc1ccncc1C(F)(F)F.OCc1ccncc1C(F)(F)F. The number of carbonyl (C=O) groups is 6. The third-order valence-electron chi connectivity index (χ3n) is 13.8. The Labute approximate surface area is 711 Å². The molecule has 0 aliphatic rings. The molecule has 0 aromatic carbocycles. The van der Waals surface area contributed by atoms with E-state index in [0.29, 0.717) is 42.7 Å². The number of esters is 1. The lowest BCUT2D eigenvalue weighted by atomic mass is 10.0. The normalized spacial score (nSPS) is 12.3.